The predicted molar refractivity (Wildman–Crippen MR) is 196 cm³/mol. The van der Waals surface area contributed by atoms with Gasteiger partial charge in [0.25, 0.3) is 0 Å². The second kappa shape index (κ2) is 16.8. The van der Waals surface area contributed by atoms with Gasteiger partial charge in [-0.05, 0) is 95.2 Å². The highest BCUT2D eigenvalue weighted by Gasteiger charge is 2.19. The number of Topliss-reactive ketones (excluding diaryl/α,β-unsaturated/α-hetero) is 1. The van der Waals surface area contributed by atoms with Crippen molar-refractivity contribution in [3.63, 3.8) is 0 Å². The van der Waals surface area contributed by atoms with Crippen molar-refractivity contribution in [2.24, 2.45) is 5.14 Å². The molecule has 0 aliphatic carbocycles. The van der Waals surface area contributed by atoms with Crippen LogP contribution in [-0.2, 0) is 32.7 Å². The average Bonchev–Trinajstić information content (AvgIpc) is 3.67. The van der Waals surface area contributed by atoms with E-state index in [-0.39, 0.29) is 26.9 Å². The van der Waals surface area contributed by atoms with Gasteiger partial charge >= 0.3 is 5.97 Å². The molecule has 0 saturated heterocycles. The third-order valence-electron chi connectivity index (χ3n) is 7.09. The highest BCUT2D eigenvalue weighted by Crippen LogP contribution is 2.31. The molecule has 3 N–H and O–H groups in total. The topological polar surface area (TPSA) is 127 Å². The molecule has 1 aromatic carbocycles. The molecule has 7 nitrogen and oxygen atoms in total. The fourth-order valence-electron chi connectivity index (χ4n) is 4.18. The van der Waals surface area contributed by atoms with Gasteiger partial charge in [0, 0.05) is 28.6 Å². The number of primary sulfonamides is 1. The van der Waals surface area contributed by atoms with E-state index in [0.29, 0.717) is 11.3 Å². The summed E-state index contributed by atoms with van der Waals surface area (Å²) in [6.45, 7) is 19.0. The molecule has 4 rings (SSSR count). The highest BCUT2D eigenvalue weighted by atomic mass is 32.2. The maximum absolute atomic E-state index is 12.2. The molecule has 0 spiro atoms. The van der Waals surface area contributed by atoms with Crippen LogP contribution >= 0.6 is 22.7 Å². The molecule has 0 aliphatic rings. The summed E-state index contributed by atoms with van der Waals surface area (Å²) in [5.74, 6) is -0.555. The molecule has 0 saturated carbocycles. The van der Waals surface area contributed by atoms with Crippen LogP contribution in [0.3, 0.4) is 0 Å². The number of pyridine rings is 1. The Morgan fingerprint density at radius 1 is 0.702 bits per heavy atom. The van der Waals surface area contributed by atoms with Crippen LogP contribution < -0.4 is 5.14 Å². The standard InChI is InChI=1S/C18H23NOS.C10H15NO2S.C9H12O2S/c1-18(2,3)17-9-8-16(21-17)15(20)7-5-4-6-14-10-12-19-13-11-14;1-10(2,3)8-4-6-9(7-5-8)14(11,12)13;1-9(2,3)7-5-4-6(12-7)8(10)11/h8-13H,4-7H2,1-3H3;4-7H,1-3H3,(H2,11,12,13);4-5H,1-3H3,(H,10,11). The number of unbranched alkanes of at least 4 members (excludes halogenated alkanes) is 1. The van der Waals surface area contributed by atoms with Crippen molar-refractivity contribution < 1.29 is 23.1 Å². The van der Waals surface area contributed by atoms with E-state index in [0.717, 1.165) is 34.6 Å². The van der Waals surface area contributed by atoms with E-state index >= 15 is 0 Å². The maximum Gasteiger partial charge on any atom is 0.345 e. The molecule has 4 aromatic rings. The van der Waals surface area contributed by atoms with E-state index in [2.05, 4.69) is 73.4 Å². The van der Waals surface area contributed by atoms with E-state index in [1.165, 1.54) is 33.9 Å². The lowest BCUT2D eigenvalue weighted by molar-refractivity contribution is 0.0702. The second-order valence-electron chi connectivity index (χ2n) is 14.4. The number of benzene rings is 1. The lowest BCUT2D eigenvalue weighted by atomic mass is 9.87. The van der Waals surface area contributed by atoms with Crippen molar-refractivity contribution in [3.05, 3.63) is 104 Å². The zero-order valence-electron chi connectivity index (χ0n) is 29.1. The van der Waals surface area contributed by atoms with Crippen LogP contribution in [0.4, 0.5) is 0 Å². The van der Waals surface area contributed by atoms with Crippen molar-refractivity contribution >= 4 is 44.4 Å². The number of nitrogens with zero attached hydrogens (tertiary/aromatic N) is 1. The van der Waals surface area contributed by atoms with Crippen molar-refractivity contribution in [1.29, 1.82) is 0 Å². The van der Waals surface area contributed by atoms with Gasteiger partial charge in [-0.25, -0.2) is 18.4 Å². The van der Waals surface area contributed by atoms with Gasteiger partial charge in [-0.15, -0.1) is 22.7 Å². The Kier molecular flexibility index (Phi) is 14.3. The van der Waals surface area contributed by atoms with E-state index in [1.807, 2.05) is 36.7 Å². The van der Waals surface area contributed by atoms with Crippen molar-refractivity contribution in [2.45, 2.75) is 109 Å². The molecule has 0 aliphatic heterocycles. The molecule has 10 heteroatoms. The number of carboxylic acids is 1. The normalized spacial score (nSPS) is 12.0. The molecule has 3 aromatic heterocycles. The number of carbonyl (C=O) groups excluding carboxylic acids is 1. The number of hydrogen-bond acceptors (Lipinski definition) is 7. The Labute approximate surface area is 289 Å². The summed E-state index contributed by atoms with van der Waals surface area (Å²) in [4.78, 5) is 30.6. The number of nitrogens with two attached hydrogens (primary N) is 1. The summed E-state index contributed by atoms with van der Waals surface area (Å²) in [5, 5.41) is 13.7. The summed E-state index contributed by atoms with van der Waals surface area (Å²) < 4.78 is 21.9. The smallest absolute Gasteiger partial charge is 0.345 e. The largest absolute Gasteiger partial charge is 0.477 e. The zero-order chi connectivity index (χ0) is 35.6. The Morgan fingerprint density at radius 2 is 1.19 bits per heavy atom. The number of hydrogen-bond donors (Lipinski definition) is 2. The molecular weight excluding hydrogens is 649 g/mol. The molecule has 0 bridgehead atoms. The first kappa shape index (κ1) is 40.0. The average molecular weight is 699 g/mol. The number of ketones is 1. The third-order valence-corrected chi connectivity index (χ3v) is 11.1. The Hall–Kier alpha value is -3.18. The molecule has 0 unspecified atom stereocenters. The molecule has 256 valence electrons. The van der Waals surface area contributed by atoms with Crippen LogP contribution in [-0.4, -0.2) is 30.3 Å². The highest BCUT2D eigenvalue weighted by molar-refractivity contribution is 7.89. The van der Waals surface area contributed by atoms with Crippen molar-refractivity contribution in [2.75, 3.05) is 0 Å². The summed E-state index contributed by atoms with van der Waals surface area (Å²) in [7, 11) is -3.57. The SMILES string of the molecule is CC(C)(C)c1ccc(C(=O)CCCCc2ccncc2)s1.CC(C)(C)c1ccc(C(=O)O)s1.CC(C)(C)c1ccc(S(N)(=O)=O)cc1. The maximum atomic E-state index is 12.2. The number of carbonyl (C=O) groups is 2. The first-order chi connectivity index (χ1) is 21.6. The fourth-order valence-corrected chi connectivity index (χ4v) is 6.63. The minimum atomic E-state index is -3.57. The lowest BCUT2D eigenvalue weighted by Crippen LogP contribution is -2.14. The van der Waals surface area contributed by atoms with Gasteiger partial charge in [0.15, 0.2) is 5.78 Å². The number of thiophene rings is 2. The van der Waals surface area contributed by atoms with Gasteiger partial charge in [0.1, 0.15) is 4.88 Å². The van der Waals surface area contributed by atoms with Crippen molar-refractivity contribution in [1.82, 2.24) is 4.98 Å². The Morgan fingerprint density at radius 3 is 1.60 bits per heavy atom. The van der Waals surface area contributed by atoms with Crippen LogP contribution in [0.25, 0.3) is 0 Å². The minimum Gasteiger partial charge on any atom is -0.477 e. The Bertz CT molecular complexity index is 1690. The molecular formula is C37H50N2O5S3. The van der Waals surface area contributed by atoms with Crippen molar-refractivity contribution in [3.8, 4) is 0 Å². The molecule has 0 fully saturated rings. The monoisotopic (exact) mass is 698 g/mol. The minimum absolute atomic E-state index is 0.0247. The van der Waals surface area contributed by atoms with Gasteiger partial charge in [-0.1, -0.05) is 74.4 Å². The van der Waals surface area contributed by atoms with Gasteiger partial charge in [0.2, 0.25) is 10.0 Å². The number of aryl methyl sites for hydroxylation is 1. The van der Waals surface area contributed by atoms with E-state index in [9.17, 15) is 18.0 Å². The van der Waals surface area contributed by atoms with Crippen LogP contribution in [0.2, 0.25) is 0 Å². The zero-order valence-corrected chi connectivity index (χ0v) is 31.5. The summed E-state index contributed by atoms with van der Waals surface area (Å²) in [6, 6.07) is 18.4. The molecule has 0 atom stereocenters. The summed E-state index contributed by atoms with van der Waals surface area (Å²) in [6.07, 6.45) is 7.31. The lowest BCUT2D eigenvalue weighted by Gasteiger charge is -2.18. The van der Waals surface area contributed by atoms with Gasteiger partial charge in [0.05, 0.1) is 9.77 Å². The molecule has 0 amide bonds. The van der Waals surface area contributed by atoms with Gasteiger partial charge < -0.3 is 5.11 Å². The quantitative estimate of drug-likeness (QED) is 0.139. The fraction of sp³-hybridized carbons (Fsp3) is 0.432. The number of aromatic carboxylic acids is 1. The summed E-state index contributed by atoms with van der Waals surface area (Å²) >= 11 is 2.99. The Balaban J connectivity index is 0.000000258. The number of rotatable bonds is 8. The number of sulfonamides is 1. The number of aromatic nitrogens is 1. The summed E-state index contributed by atoms with van der Waals surface area (Å²) in [5.41, 5.74) is 2.59. The first-order valence-corrected chi connectivity index (χ1v) is 18.8. The number of carboxylic acid groups (broad SMARTS) is 1. The van der Waals surface area contributed by atoms with Crippen LogP contribution in [0, 0.1) is 0 Å². The van der Waals surface area contributed by atoms with E-state index in [1.54, 1.807) is 29.5 Å². The predicted octanol–water partition coefficient (Wildman–Crippen LogP) is 9.41. The van der Waals surface area contributed by atoms with E-state index in [4.69, 9.17) is 10.2 Å². The third kappa shape index (κ3) is 13.8. The molecule has 47 heavy (non-hydrogen) atoms. The van der Waals surface area contributed by atoms with Gasteiger partial charge in [-0.2, -0.15) is 0 Å². The molecule has 0 radical (unpaired) electrons. The van der Waals surface area contributed by atoms with Gasteiger partial charge in [-0.3, -0.25) is 9.78 Å². The van der Waals surface area contributed by atoms with Crippen LogP contribution in [0.15, 0.2) is 78.0 Å². The van der Waals surface area contributed by atoms with Crippen LogP contribution in [0.5, 0.6) is 0 Å². The van der Waals surface area contributed by atoms with Crippen LogP contribution in [0.1, 0.15) is 122 Å². The second-order valence-corrected chi connectivity index (χ2v) is 18.2. The molecule has 3 heterocycles. The van der Waals surface area contributed by atoms with E-state index < -0.39 is 16.0 Å². The first-order valence-electron chi connectivity index (χ1n) is 15.6.